The van der Waals surface area contributed by atoms with Crippen molar-refractivity contribution in [1.29, 1.82) is 0 Å². The molecule has 6 nitrogen and oxygen atoms in total. The minimum atomic E-state index is 0. The van der Waals surface area contributed by atoms with Crippen molar-refractivity contribution >= 4 is 24.2 Å². The number of halogens is 1. The molecule has 2 saturated heterocycles. The van der Waals surface area contributed by atoms with Crippen LogP contribution in [0.25, 0.3) is 0 Å². The van der Waals surface area contributed by atoms with Crippen LogP contribution >= 0.6 is 12.4 Å². The second kappa shape index (κ2) is 11.1. The molecule has 1 aliphatic carbocycles. The van der Waals surface area contributed by atoms with Gasteiger partial charge in [-0.25, -0.2) is 0 Å². The van der Waals surface area contributed by atoms with E-state index in [1.807, 2.05) is 0 Å². The third-order valence-corrected chi connectivity index (χ3v) is 5.92. The lowest BCUT2D eigenvalue weighted by atomic mass is 9.97. The van der Waals surface area contributed by atoms with E-state index in [2.05, 4.69) is 20.9 Å². The van der Waals surface area contributed by atoms with Crippen molar-refractivity contribution in [2.45, 2.75) is 69.9 Å². The van der Waals surface area contributed by atoms with Crippen LogP contribution in [0.2, 0.25) is 0 Å². The molecular formula is C19H35ClN4O2. The molecule has 2 unspecified atom stereocenters. The first-order valence-corrected chi connectivity index (χ1v) is 10.2. The number of nitrogens with one attached hydrogen (secondary N) is 3. The van der Waals surface area contributed by atoms with Crippen molar-refractivity contribution in [3.05, 3.63) is 0 Å². The lowest BCUT2D eigenvalue weighted by molar-refractivity contribution is -0.123. The summed E-state index contributed by atoms with van der Waals surface area (Å²) >= 11 is 0. The average Bonchev–Trinajstić information content (AvgIpc) is 3.32. The highest BCUT2D eigenvalue weighted by Crippen LogP contribution is 2.18. The number of amides is 2. The van der Waals surface area contributed by atoms with Crippen LogP contribution in [-0.2, 0) is 9.59 Å². The van der Waals surface area contributed by atoms with Crippen LogP contribution in [-0.4, -0.2) is 61.5 Å². The molecule has 1 saturated carbocycles. The molecule has 0 bridgehead atoms. The fourth-order valence-corrected chi connectivity index (χ4v) is 4.43. The summed E-state index contributed by atoms with van der Waals surface area (Å²) in [5, 5.41) is 9.54. The largest absolute Gasteiger partial charge is 0.354 e. The van der Waals surface area contributed by atoms with Gasteiger partial charge in [-0.1, -0.05) is 12.8 Å². The normalized spacial score (nSPS) is 27.1. The highest BCUT2D eigenvalue weighted by atomic mass is 35.5. The Hall–Kier alpha value is -0.850. The van der Waals surface area contributed by atoms with E-state index in [4.69, 9.17) is 0 Å². The number of likely N-dealkylation sites (tertiary alicyclic amines) is 1. The zero-order chi connectivity index (χ0) is 17.5. The molecular weight excluding hydrogens is 352 g/mol. The Morgan fingerprint density at radius 1 is 1.04 bits per heavy atom. The van der Waals surface area contributed by atoms with Crippen LogP contribution in [0.3, 0.4) is 0 Å². The smallest absolute Gasteiger partial charge is 0.237 e. The first-order valence-electron chi connectivity index (χ1n) is 10.2. The van der Waals surface area contributed by atoms with E-state index < -0.39 is 0 Å². The number of rotatable bonds is 7. The molecule has 3 N–H and O–H groups in total. The Morgan fingerprint density at radius 3 is 2.58 bits per heavy atom. The van der Waals surface area contributed by atoms with Crippen molar-refractivity contribution < 1.29 is 9.59 Å². The van der Waals surface area contributed by atoms with E-state index in [0.29, 0.717) is 18.4 Å². The van der Waals surface area contributed by atoms with Crippen molar-refractivity contribution in [2.24, 2.45) is 5.92 Å². The first kappa shape index (κ1) is 21.5. The Bertz CT molecular complexity index is 451. The molecule has 3 fully saturated rings. The summed E-state index contributed by atoms with van der Waals surface area (Å²) in [6.07, 6.45) is 9.77. The van der Waals surface area contributed by atoms with Crippen molar-refractivity contribution in [3.63, 3.8) is 0 Å². The molecule has 0 aromatic rings. The zero-order valence-corrected chi connectivity index (χ0v) is 16.6. The van der Waals surface area contributed by atoms with E-state index in [-0.39, 0.29) is 30.3 Å². The maximum Gasteiger partial charge on any atom is 0.237 e. The molecule has 3 rings (SSSR count). The van der Waals surface area contributed by atoms with Crippen LogP contribution < -0.4 is 16.0 Å². The van der Waals surface area contributed by atoms with Gasteiger partial charge in [0, 0.05) is 32.1 Å². The minimum Gasteiger partial charge on any atom is -0.354 e. The first-order chi connectivity index (χ1) is 12.2. The number of hydrogen-bond acceptors (Lipinski definition) is 4. The fourth-order valence-electron chi connectivity index (χ4n) is 4.43. The van der Waals surface area contributed by atoms with Gasteiger partial charge in [0.25, 0.3) is 0 Å². The molecule has 26 heavy (non-hydrogen) atoms. The number of piperidine rings is 1. The number of carbonyl (C=O) groups excluding carboxylic acids is 2. The van der Waals surface area contributed by atoms with Gasteiger partial charge < -0.3 is 20.9 Å². The van der Waals surface area contributed by atoms with Gasteiger partial charge in [-0.05, 0) is 57.5 Å². The second-order valence-electron chi connectivity index (χ2n) is 8.00. The number of carbonyl (C=O) groups is 2. The van der Waals surface area contributed by atoms with Crippen LogP contribution in [0.5, 0.6) is 0 Å². The summed E-state index contributed by atoms with van der Waals surface area (Å²) in [4.78, 5) is 26.6. The van der Waals surface area contributed by atoms with Gasteiger partial charge in [0.1, 0.15) is 0 Å². The van der Waals surface area contributed by atoms with Gasteiger partial charge in [0.15, 0.2) is 0 Å². The van der Waals surface area contributed by atoms with Crippen LogP contribution in [0, 0.1) is 5.92 Å². The van der Waals surface area contributed by atoms with E-state index in [0.717, 1.165) is 64.8 Å². The predicted molar refractivity (Wildman–Crippen MR) is 105 cm³/mol. The van der Waals surface area contributed by atoms with Gasteiger partial charge in [0.2, 0.25) is 11.8 Å². The monoisotopic (exact) mass is 386 g/mol. The Labute approximate surface area is 163 Å². The van der Waals surface area contributed by atoms with E-state index in [1.54, 1.807) is 0 Å². The van der Waals surface area contributed by atoms with Gasteiger partial charge in [-0.3, -0.25) is 9.59 Å². The summed E-state index contributed by atoms with van der Waals surface area (Å²) < 4.78 is 0. The quantitative estimate of drug-likeness (QED) is 0.619. The average molecular weight is 387 g/mol. The number of nitrogens with zero attached hydrogens (tertiary/aromatic N) is 1. The lowest BCUT2D eigenvalue weighted by Gasteiger charge is -2.33. The summed E-state index contributed by atoms with van der Waals surface area (Å²) in [5.41, 5.74) is 0. The molecule has 2 amide bonds. The van der Waals surface area contributed by atoms with Crippen LogP contribution in [0.4, 0.5) is 0 Å². The highest BCUT2D eigenvalue weighted by molar-refractivity contribution is 5.85. The van der Waals surface area contributed by atoms with E-state index in [9.17, 15) is 9.59 Å². The third-order valence-electron chi connectivity index (χ3n) is 5.92. The molecule has 2 aliphatic heterocycles. The molecule has 2 atom stereocenters. The SMILES string of the molecule is Cl.O=C(CCN1CCCC(CNC(=O)C2CCCN2)C1)NC1CCCC1. The van der Waals surface area contributed by atoms with Crippen molar-refractivity contribution in [3.8, 4) is 0 Å². The van der Waals surface area contributed by atoms with Crippen molar-refractivity contribution in [2.75, 3.05) is 32.7 Å². The molecule has 150 valence electrons. The molecule has 2 heterocycles. The lowest BCUT2D eigenvalue weighted by Crippen LogP contribution is -2.46. The molecule has 0 aromatic heterocycles. The van der Waals surface area contributed by atoms with Gasteiger partial charge >= 0.3 is 0 Å². The molecule has 0 spiro atoms. The number of hydrogen-bond donors (Lipinski definition) is 3. The van der Waals surface area contributed by atoms with E-state index in [1.165, 1.54) is 19.3 Å². The summed E-state index contributed by atoms with van der Waals surface area (Å²) in [5.74, 6) is 0.872. The maximum absolute atomic E-state index is 12.1. The third kappa shape index (κ3) is 6.71. The maximum atomic E-state index is 12.1. The van der Waals surface area contributed by atoms with Crippen molar-refractivity contribution in [1.82, 2.24) is 20.9 Å². The Kier molecular flexibility index (Phi) is 9.16. The fraction of sp³-hybridized carbons (Fsp3) is 0.895. The Balaban J connectivity index is 0.00000243. The summed E-state index contributed by atoms with van der Waals surface area (Å²) in [6.45, 7) is 4.63. The molecule has 0 aromatic carbocycles. The topological polar surface area (TPSA) is 73.5 Å². The van der Waals surface area contributed by atoms with Gasteiger partial charge in [-0.15, -0.1) is 12.4 Å². The molecule has 3 aliphatic rings. The molecule has 0 radical (unpaired) electrons. The van der Waals surface area contributed by atoms with Crippen LogP contribution in [0.15, 0.2) is 0 Å². The predicted octanol–water partition coefficient (Wildman–Crippen LogP) is 1.44. The zero-order valence-electron chi connectivity index (χ0n) is 15.8. The minimum absolute atomic E-state index is 0. The Morgan fingerprint density at radius 2 is 1.85 bits per heavy atom. The van der Waals surface area contributed by atoms with Gasteiger partial charge in [0.05, 0.1) is 6.04 Å². The standard InChI is InChI=1S/C19H34N4O2.ClH/c24-18(22-16-6-1-2-7-16)9-12-23-11-4-5-15(14-23)13-21-19(25)17-8-3-10-20-17;/h15-17,20H,1-14H2,(H,21,25)(H,22,24);1H. The van der Waals surface area contributed by atoms with Crippen LogP contribution in [0.1, 0.15) is 57.8 Å². The molecule has 7 heteroatoms. The highest BCUT2D eigenvalue weighted by Gasteiger charge is 2.25. The van der Waals surface area contributed by atoms with E-state index >= 15 is 0 Å². The second-order valence-corrected chi connectivity index (χ2v) is 8.00. The van der Waals surface area contributed by atoms with Gasteiger partial charge in [-0.2, -0.15) is 0 Å². The summed E-state index contributed by atoms with van der Waals surface area (Å²) in [7, 11) is 0. The summed E-state index contributed by atoms with van der Waals surface area (Å²) in [6, 6.07) is 0.431.